The number of aliphatic hydroxyl groups is 1. The van der Waals surface area contributed by atoms with Crippen LogP contribution < -0.4 is 0 Å². The SMILES string of the molecule is COC[C@]12CC[C@@](C)(O)C[C@@H]1CC[C@H]1[C@@H]3CC[C@H](C(=O)Cn4nnc5cccc(Cl)c54)[C@@]3(C)CC[C@@]12C. The van der Waals surface area contributed by atoms with Crippen LogP contribution in [0.25, 0.3) is 11.0 Å². The molecule has 6 nitrogen and oxygen atoms in total. The van der Waals surface area contributed by atoms with Crippen molar-refractivity contribution < 1.29 is 14.6 Å². The molecule has 0 bridgehead atoms. The summed E-state index contributed by atoms with van der Waals surface area (Å²) in [4.78, 5) is 13.9. The second kappa shape index (κ2) is 8.76. The van der Waals surface area contributed by atoms with Gasteiger partial charge in [0.1, 0.15) is 17.6 Å². The number of hydrogen-bond donors (Lipinski definition) is 1. The van der Waals surface area contributed by atoms with Gasteiger partial charge in [-0.2, -0.15) is 0 Å². The zero-order valence-corrected chi connectivity index (χ0v) is 23.6. The van der Waals surface area contributed by atoms with E-state index in [1.807, 2.05) is 32.2 Å². The number of Topliss-reactive ketones (excluding diaryl/α,β-unsaturated/α-hetero) is 1. The summed E-state index contributed by atoms with van der Waals surface area (Å²) in [6, 6.07) is 5.59. The van der Waals surface area contributed by atoms with Crippen molar-refractivity contribution in [1.29, 1.82) is 0 Å². The number of aromatic nitrogens is 3. The maximum absolute atomic E-state index is 13.9. The maximum Gasteiger partial charge on any atom is 0.157 e. The standard InChI is InChI=1S/C30H42ClN3O3/c1-27(36)12-15-30(18-37-4)19(16-27)8-9-21-20-10-11-22(28(20,2)13-14-29(21,30)3)25(35)17-34-26-23(31)6-5-7-24(26)32-33-34/h5-7,19-22,36H,8-18H2,1-4H3/t19-,20-,21-,22+,27+,28-,29-,30+/m0/s1. The first kappa shape index (κ1) is 25.8. The largest absolute Gasteiger partial charge is 0.390 e. The molecule has 0 aliphatic heterocycles. The van der Waals surface area contributed by atoms with Crippen LogP contribution in [0.1, 0.15) is 78.6 Å². The topological polar surface area (TPSA) is 77.2 Å². The molecule has 6 rings (SSSR count). The Bertz CT molecular complexity index is 1210. The summed E-state index contributed by atoms with van der Waals surface area (Å²) in [5.74, 6) is 1.97. The maximum atomic E-state index is 13.9. The third kappa shape index (κ3) is 3.68. The summed E-state index contributed by atoms with van der Waals surface area (Å²) < 4.78 is 7.67. The van der Waals surface area contributed by atoms with Crippen LogP contribution in [-0.2, 0) is 16.1 Å². The van der Waals surface area contributed by atoms with Crippen LogP contribution in [0, 0.1) is 39.9 Å². The van der Waals surface area contributed by atoms with Gasteiger partial charge < -0.3 is 9.84 Å². The second-order valence-corrected chi connectivity index (χ2v) is 14.1. The van der Waals surface area contributed by atoms with Gasteiger partial charge in [0.15, 0.2) is 5.78 Å². The number of carbonyl (C=O) groups is 1. The number of para-hydroxylation sites is 1. The third-order valence-electron chi connectivity index (χ3n) is 12.0. The van der Waals surface area contributed by atoms with E-state index in [2.05, 4.69) is 24.2 Å². The van der Waals surface area contributed by atoms with Crippen molar-refractivity contribution in [3.8, 4) is 0 Å². The molecule has 8 atom stereocenters. The van der Waals surface area contributed by atoms with E-state index in [9.17, 15) is 9.90 Å². The molecule has 0 spiro atoms. The molecule has 7 heteroatoms. The van der Waals surface area contributed by atoms with E-state index < -0.39 is 5.60 Å². The molecule has 0 radical (unpaired) electrons. The molecule has 4 aliphatic carbocycles. The molecule has 4 fully saturated rings. The third-order valence-corrected chi connectivity index (χ3v) is 12.3. The Balaban J connectivity index is 1.28. The minimum atomic E-state index is -0.562. The fourth-order valence-corrected chi connectivity index (χ4v) is 10.4. The second-order valence-electron chi connectivity index (χ2n) is 13.7. The van der Waals surface area contributed by atoms with Gasteiger partial charge in [0.2, 0.25) is 0 Å². The van der Waals surface area contributed by atoms with Crippen molar-refractivity contribution in [3.05, 3.63) is 23.2 Å². The summed E-state index contributed by atoms with van der Waals surface area (Å²) in [6.07, 6.45) is 9.44. The van der Waals surface area contributed by atoms with Crippen molar-refractivity contribution in [1.82, 2.24) is 15.0 Å². The Labute approximate surface area is 225 Å². The van der Waals surface area contributed by atoms with E-state index in [0.29, 0.717) is 22.8 Å². The molecule has 0 saturated heterocycles. The molecule has 1 aromatic carbocycles. The van der Waals surface area contributed by atoms with Crippen molar-refractivity contribution in [2.24, 2.45) is 39.9 Å². The Morgan fingerprint density at radius 2 is 1.89 bits per heavy atom. The number of benzene rings is 1. The quantitative estimate of drug-likeness (QED) is 0.510. The van der Waals surface area contributed by atoms with Gasteiger partial charge in [-0.05, 0) is 105 Å². The number of ketones is 1. The number of nitrogens with zero attached hydrogens (tertiary/aromatic N) is 3. The summed E-state index contributed by atoms with van der Waals surface area (Å²) in [5, 5.41) is 20.1. The highest BCUT2D eigenvalue weighted by atomic mass is 35.5. The molecule has 0 amide bonds. The van der Waals surface area contributed by atoms with Gasteiger partial charge in [0.25, 0.3) is 0 Å². The van der Waals surface area contributed by atoms with Crippen LogP contribution in [0.4, 0.5) is 0 Å². The Kier molecular flexibility index (Phi) is 6.10. The lowest BCUT2D eigenvalue weighted by atomic mass is 9.37. The lowest BCUT2D eigenvalue weighted by molar-refractivity contribution is -0.221. The molecule has 4 aliphatic rings. The fourth-order valence-electron chi connectivity index (χ4n) is 10.1. The van der Waals surface area contributed by atoms with E-state index in [0.717, 1.165) is 69.0 Å². The van der Waals surface area contributed by atoms with E-state index in [1.165, 1.54) is 6.42 Å². The molecule has 1 N–H and O–H groups in total. The lowest BCUT2D eigenvalue weighted by Gasteiger charge is -2.68. The zero-order chi connectivity index (χ0) is 26.2. The van der Waals surface area contributed by atoms with E-state index in [4.69, 9.17) is 16.3 Å². The normalized spacial score (nSPS) is 43.3. The average molecular weight is 528 g/mol. The highest BCUT2D eigenvalue weighted by Crippen LogP contribution is 2.73. The number of fused-ring (bicyclic) bond motifs is 6. The van der Waals surface area contributed by atoms with Crippen molar-refractivity contribution in [2.75, 3.05) is 13.7 Å². The predicted octanol–water partition coefficient (Wildman–Crippen LogP) is 6.08. The molecule has 2 aromatic rings. The van der Waals surface area contributed by atoms with Crippen molar-refractivity contribution in [2.45, 2.75) is 90.7 Å². The van der Waals surface area contributed by atoms with Gasteiger partial charge in [-0.1, -0.05) is 36.7 Å². The number of carbonyl (C=O) groups excluding carboxylic acids is 1. The molecule has 1 heterocycles. The predicted molar refractivity (Wildman–Crippen MR) is 144 cm³/mol. The van der Waals surface area contributed by atoms with E-state index in [-0.39, 0.29) is 34.5 Å². The Hall–Kier alpha value is -1.50. The van der Waals surface area contributed by atoms with Gasteiger partial charge >= 0.3 is 0 Å². The van der Waals surface area contributed by atoms with Crippen LogP contribution >= 0.6 is 11.6 Å². The Morgan fingerprint density at radius 1 is 1.11 bits per heavy atom. The van der Waals surface area contributed by atoms with Gasteiger partial charge in [-0.3, -0.25) is 4.79 Å². The summed E-state index contributed by atoms with van der Waals surface area (Å²) in [6.45, 7) is 7.99. The van der Waals surface area contributed by atoms with Crippen LogP contribution in [-0.4, -0.2) is 45.2 Å². The molecule has 1 aromatic heterocycles. The number of methoxy groups -OCH3 is 1. The number of ether oxygens (including phenoxy) is 1. The molecule has 37 heavy (non-hydrogen) atoms. The smallest absolute Gasteiger partial charge is 0.157 e. The fraction of sp³-hybridized carbons (Fsp3) is 0.767. The van der Waals surface area contributed by atoms with Crippen molar-refractivity contribution in [3.63, 3.8) is 0 Å². The van der Waals surface area contributed by atoms with Gasteiger partial charge in [0, 0.05) is 18.4 Å². The van der Waals surface area contributed by atoms with Crippen LogP contribution in [0.15, 0.2) is 18.2 Å². The monoisotopic (exact) mass is 527 g/mol. The highest BCUT2D eigenvalue weighted by molar-refractivity contribution is 6.34. The van der Waals surface area contributed by atoms with Crippen molar-refractivity contribution >= 4 is 28.4 Å². The minimum Gasteiger partial charge on any atom is -0.390 e. The zero-order valence-electron chi connectivity index (χ0n) is 22.8. The van der Waals surface area contributed by atoms with Crippen LogP contribution in [0.3, 0.4) is 0 Å². The van der Waals surface area contributed by atoms with E-state index in [1.54, 1.807) is 4.68 Å². The first-order valence-corrected chi connectivity index (χ1v) is 14.6. The number of hydrogen-bond acceptors (Lipinski definition) is 5. The van der Waals surface area contributed by atoms with E-state index >= 15 is 0 Å². The van der Waals surface area contributed by atoms with Gasteiger partial charge in [-0.25, -0.2) is 4.68 Å². The lowest BCUT2D eigenvalue weighted by Crippen LogP contribution is -2.63. The van der Waals surface area contributed by atoms with Gasteiger partial charge in [0.05, 0.1) is 17.2 Å². The molecular formula is C30H42ClN3O3. The highest BCUT2D eigenvalue weighted by Gasteiger charge is 2.68. The molecule has 202 valence electrons. The van der Waals surface area contributed by atoms with Crippen LogP contribution in [0.2, 0.25) is 5.02 Å². The number of rotatable bonds is 5. The summed E-state index contributed by atoms with van der Waals surface area (Å²) in [7, 11) is 1.85. The first-order valence-electron chi connectivity index (χ1n) is 14.3. The minimum absolute atomic E-state index is 0.0166. The molecule has 4 saturated carbocycles. The van der Waals surface area contributed by atoms with Gasteiger partial charge in [-0.15, -0.1) is 5.10 Å². The molecular weight excluding hydrogens is 486 g/mol. The average Bonchev–Trinajstić information content (AvgIpc) is 3.41. The first-order chi connectivity index (χ1) is 17.5. The van der Waals surface area contributed by atoms with Crippen LogP contribution in [0.5, 0.6) is 0 Å². The molecule has 0 unspecified atom stereocenters. The summed E-state index contributed by atoms with van der Waals surface area (Å²) >= 11 is 6.45. The number of halogens is 1. The summed E-state index contributed by atoms with van der Waals surface area (Å²) in [5.41, 5.74) is 1.24. The Morgan fingerprint density at radius 3 is 2.68 bits per heavy atom.